The number of alkyl halides is 2. The van der Waals surface area contributed by atoms with Crippen molar-refractivity contribution in [3.05, 3.63) is 28.2 Å². The Morgan fingerprint density at radius 1 is 1.39 bits per heavy atom. The van der Waals surface area contributed by atoms with Gasteiger partial charge in [0.15, 0.2) is 0 Å². The highest BCUT2D eigenvalue weighted by Gasteiger charge is 2.10. The molecule has 18 heavy (non-hydrogen) atoms. The number of carboxylic acid groups (broad SMARTS) is 1. The number of hydrogen-bond acceptors (Lipinski definition) is 2. The molecule has 5 nitrogen and oxygen atoms in total. The first-order valence-electron chi connectivity index (χ1n) is 4.76. The third-order valence-electron chi connectivity index (χ3n) is 1.88. The maximum absolute atomic E-state index is 11.8. The van der Waals surface area contributed by atoms with Gasteiger partial charge in [-0.3, -0.25) is 0 Å². The van der Waals surface area contributed by atoms with Gasteiger partial charge in [0.1, 0.15) is 0 Å². The molecule has 0 aliphatic carbocycles. The lowest BCUT2D eigenvalue weighted by Gasteiger charge is -2.09. The number of amides is 2. The third kappa shape index (κ3) is 4.28. The minimum absolute atomic E-state index is 0.0420. The lowest BCUT2D eigenvalue weighted by atomic mass is 10.2. The summed E-state index contributed by atoms with van der Waals surface area (Å²) in [4.78, 5) is 21.9. The molecule has 98 valence electrons. The number of carbonyl (C=O) groups is 2. The van der Waals surface area contributed by atoms with Gasteiger partial charge in [0.05, 0.1) is 17.8 Å². The number of carboxylic acids is 1. The topological polar surface area (TPSA) is 78.4 Å². The summed E-state index contributed by atoms with van der Waals surface area (Å²) in [5.41, 5.74) is 0.326. The quantitative estimate of drug-likeness (QED) is 0.797. The van der Waals surface area contributed by atoms with Crippen LogP contribution in [0.5, 0.6) is 0 Å². The first kappa shape index (κ1) is 14.4. The number of aromatic carboxylic acids is 1. The molecule has 0 saturated heterocycles. The molecule has 0 heterocycles. The van der Waals surface area contributed by atoms with Gasteiger partial charge >= 0.3 is 12.0 Å². The monoisotopic (exact) mass is 322 g/mol. The van der Waals surface area contributed by atoms with E-state index in [1.165, 1.54) is 18.2 Å². The van der Waals surface area contributed by atoms with E-state index in [2.05, 4.69) is 21.2 Å². The zero-order chi connectivity index (χ0) is 13.7. The summed E-state index contributed by atoms with van der Waals surface area (Å²) in [7, 11) is 0. The average molecular weight is 323 g/mol. The Morgan fingerprint density at radius 3 is 2.56 bits per heavy atom. The fourth-order valence-corrected chi connectivity index (χ4v) is 1.56. The SMILES string of the molecule is O=C(NCC(F)F)Nc1ccc(C(=O)O)cc1Br. The van der Waals surface area contributed by atoms with E-state index in [-0.39, 0.29) is 11.3 Å². The zero-order valence-corrected chi connectivity index (χ0v) is 10.5. The predicted molar refractivity (Wildman–Crippen MR) is 64.1 cm³/mol. The number of benzene rings is 1. The average Bonchev–Trinajstić information content (AvgIpc) is 2.29. The summed E-state index contributed by atoms with van der Waals surface area (Å²) in [6.45, 7) is -0.753. The van der Waals surface area contributed by atoms with Crippen LogP contribution in [0.3, 0.4) is 0 Å². The minimum Gasteiger partial charge on any atom is -0.478 e. The normalized spacial score (nSPS) is 10.2. The van der Waals surface area contributed by atoms with Crippen molar-refractivity contribution in [2.24, 2.45) is 0 Å². The van der Waals surface area contributed by atoms with Gasteiger partial charge in [0.2, 0.25) is 0 Å². The molecule has 3 N–H and O–H groups in total. The van der Waals surface area contributed by atoms with Crippen LogP contribution in [-0.2, 0) is 0 Å². The van der Waals surface area contributed by atoms with E-state index < -0.39 is 25.0 Å². The van der Waals surface area contributed by atoms with Crippen LogP contribution in [-0.4, -0.2) is 30.1 Å². The molecule has 0 saturated carbocycles. The first-order valence-corrected chi connectivity index (χ1v) is 5.55. The molecule has 0 aromatic heterocycles. The molecule has 1 rings (SSSR count). The van der Waals surface area contributed by atoms with Crippen molar-refractivity contribution < 1.29 is 23.5 Å². The van der Waals surface area contributed by atoms with Crippen LogP contribution in [0.25, 0.3) is 0 Å². The van der Waals surface area contributed by atoms with Crippen LogP contribution in [0.4, 0.5) is 19.3 Å². The van der Waals surface area contributed by atoms with Gasteiger partial charge < -0.3 is 15.7 Å². The Labute approximate surface area is 109 Å². The molecule has 0 spiro atoms. The van der Waals surface area contributed by atoms with Gasteiger partial charge in [0.25, 0.3) is 6.43 Å². The maximum Gasteiger partial charge on any atom is 0.335 e. The molecule has 0 aliphatic heterocycles. The van der Waals surface area contributed by atoms with Crippen LogP contribution in [0, 0.1) is 0 Å². The molecule has 0 atom stereocenters. The molecular formula is C10H9BrF2N2O3. The molecule has 0 radical (unpaired) electrons. The summed E-state index contributed by atoms with van der Waals surface area (Å²) in [5, 5.41) is 13.0. The summed E-state index contributed by atoms with van der Waals surface area (Å²) >= 11 is 3.07. The standard InChI is InChI=1S/C10H9BrF2N2O3/c11-6-3-5(9(16)17)1-2-7(6)15-10(18)14-4-8(12)13/h1-3,8H,4H2,(H,16,17)(H2,14,15,18). The van der Waals surface area contributed by atoms with E-state index in [0.29, 0.717) is 4.47 Å². The second-order valence-electron chi connectivity index (χ2n) is 3.23. The molecule has 1 aromatic rings. The Morgan fingerprint density at radius 2 is 2.06 bits per heavy atom. The van der Waals surface area contributed by atoms with Gasteiger partial charge in [-0.1, -0.05) is 0 Å². The summed E-state index contributed by atoms with van der Waals surface area (Å²) in [6, 6.07) is 3.15. The summed E-state index contributed by atoms with van der Waals surface area (Å²) in [5.74, 6) is -1.11. The largest absolute Gasteiger partial charge is 0.478 e. The molecule has 0 unspecified atom stereocenters. The van der Waals surface area contributed by atoms with Crippen LogP contribution < -0.4 is 10.6 Å². The Kier molecular flexibility index (Phi) is 5.02. The molecule has 2 amide bonds. The van der Waals surface area contributed by atoms with Crippen LogP contribution in [0.15, 0.2) is 22.7 Å². The highest BCUT2D eigenvalue weighted by Crippen LogP contribution is 2.23. The van der Waals surface area contributed by atoms with Crippen molar-refractivity contribution in [2.45, 2.75) is 6.43 Å². The van der Waals surface area contributed by atoms with Gasteiger partial charge in [-0.05, 0) is 34.1 Å². The third-order valence-corrected chi connectivity index (χ3v) is 2.54. The number of anilines is 1. The van der Waals surface area contributed by atoms with Crippen LogP contribution >= 0.6 is 15.9 Å². The molecule has 1 aromatic carbocycles. The highest BCUT2D eigenvalue weighted by atomic mass is 79.9. The van der Waals surface area contributed by atoms with Crippen molar-refractivity contribution in [3.63, 3.8) is 0 Å². The van der Waals surface area contributed by atoms with Gasteiger partial charge in [0, 0.05) is 4.47 Å². The van der Waals surface area contributed by atoms with Gasteiger partial charge in [-0.2, -0.15) is 0 Å². The van der Waals surface area contributed by atoms with Crippen molar-refractivity contribution in [1.82, 2.24) is 5.32 Å². The number of hydrogen-bond donors (Lipinski definition) is 3. The fraction of sp³-hybridized carbons (Fsp3) is 0.200. The predicted octanol–water partition coefficient (Wildman–Crippen LogP) is 2.53. The molecular weight excluding hydrogens is 314 g/mol. The summed E-state index contributed by atoms with van der Waals surface area (Å²) in [6.07, 6.45) is -2.63. The Balaban J connectivity index is 2.68. The molecule has 0 bridgehead atoms. The van der Waals surface area contributed by atoms with E-state index in [9.17, 15) is 18.4 Å². The van der Waals surface area contributed by atoms with E-state index >= 15 is 0 Å². The molecule has 0 aliphatic rings. The van der Waals surface area contributed by atoms with E-state index in [1.54, 1.807) is 0 Å². The van der Waals surface area contributed by atoms with Crippen LogP contribution in [0.1, 0.15) is 10.4 Å². The second-order valence-corrected chi connectivity index (χ2v) is 4.08. The number of urea groups is 1. The van der Waals surface area contributed by atoms with Crippen molar-refractivity contribution in [3.8, 4) is 0 Å². The Bertz CT molecular complexity index is 468. The van der Waals surface area contributed by atoms with E-state index in [0.717, 1.165) is 0 Å². The van der Waals surface area contributed by atoms with Crippen LogP contribution in [0.2, 0.25) is 0 Å². The van der Waals surface area contributed by atoms with Crippen molar-refractivity contribution >= 4 is 33.6 Å². The van der Waals surface area contributed by atoms with Gasteiger partial charge in [-0.15, -0.1) is 0 Å². The lowest BCUT2D eigenvalue weighted by Crippen LogP contribution is -2.32. The van der Waals surface area contributed by atoms with E-state index in [1.807, 2.05) is 5.32 Å². The number of rotatable bonds is 4. The number of carbonyl (C=O) groups excluding carboxylic acids is 1. The minimum atomic E-state index is -2.63. The molecule has 8 heteroatoms. The fourth-order valence-electron chi connectivity index (χ4n) is 1.09. The lowest BCUT2D eigenvalue weighted by molar-refractivity contribution is 0.0697. The van der Waals surface area contributed by atoms with Crippen molar-refractivity contribution in [1.29, 1.82) is 0 Å². The van der Waals surface area contributed by atoms with Gasteiger partial charge in [-0.25, -0.2) is 18.4 Å². The first-order chi connectivity index (χ1) is 8.40. The van der Waals surface area contributed by atoms with E-state index in [4.69, 9.17) is 5.11 Å². The Hall–Kier alpha value is -1.70. The second kappa shape index (κ2) is 6.29. The van der Waals surface area contributed by atoms with Crippen molar-refractivity contribution in [2.75, 3.05) is 11.9 Å². The zero-order valence-electron chi connectivity index (χ0n) is 8.91. The highest BCUT2D eigenvalue weighted by molar-refractivity contribution is 9.10. The number of halogens is 3. The molecule has 0 fully saturated rings. The summed E-state index contributed by atoms with van der Waals surface area (Å²) < 4.78 is 24.0. The number of nitrogens with one attached hydrogen (secondary N) is 2. The smallest absolute Gasteiger partial charge is 0.335 e. The maximum atomic E-state index is 11.8.